The van der Waals surface area contributed by atoms with E-state index in [1.807, 2.05) is 10.3 Å². The van der Waals surface area contributed by atoms with E-state index in [1.165, 1.54) is 11.3 Å². The van der Waals surface area contributed by atoms with Crippen LogP contribution in [0.2, 0.25) is 10.0 Å². The first-order valence-corrected chi connectivity index (χ1v) is 13.3. The summed E-state index contributed by atoms with van der Waals surface area (Å²) in [6.07, 6.45) is 1.67. The lowest BCUT2D eigenvalue weighted by Crippen LogP contribution is -2.50. The van der Waals surface area contributed by atoms with Crippen LogP contribution in [0.5, 0.6) is 0 Å². The normalized spacial score (nSPS) is 21.1. The summed E-state index contributed by atoms with van der Waals surface area (Å²) in [5.41, 5.74) is 1.40. The molecule has 8 nitrogen and oxygen atoms in total. The smallest absolute Gasteiger partial charge is 0.338 e. The zero-order valence-electron chi connectivity index (χ0n) is 18.2. The molecule has 3 heterocycles. The highest BCUT2D eigenvalue weighted by Gasteiger charge is 2.37. The van der Waals surface area contributed by atoms with Crippen LogP contribution in [0.25, 0.3) is 0 Å². The van der Waals surface area contributed by atoms with E-state index in [1.54, 1.807) is 43.1 Å². The Balaban J connectivity index is 1.83. The van der Waals surface area contributed by atoms with Crippen molar-refractivity contribution in [3.63, 3.8) is 0 Å². The molecule has 0 spiro atoms. The van der Waals surface area contributed by atoms with Gasteiger partial charge in [0.1, 0.15) is 12.1 Å². The molecule has 2 N–H and O–H groups in total. The Morgan fingerprint density at radius 2 is 2.18 bits per heavy atom. The third kappa shape index (κ3) is 5.41. The minimum absolute atomic E-state index is 0.178. The molecule has 2 unspecified atom stereocenters. The van der Waals surface area contributed by atoms with Crippen LogP contribution in [0, 0.1) is 0 Å². The minimum atomic E-state index is -0.896. The average molecular weight is 541 g/mol. The summed E-state index contributed by atoms with van der Waals surface area (Å²) in [5, 5.41) is 16.3. The number of carboxylic acids is 1. The van der Waals surface area contributed by atoms with E-state index in [9.17, 15) is 14.7 Å². The van der Waals surface area contributed by atoms with Gasteiger partial charge in [-0.2, -0.15) is 11.8 Å². The number of carbonyl (C=O) groups excluding carboxylic acids is 1. The van der Waals surface area contributed by atoms with Crippen LogP contribution >= 0.6 is 46.3 Å². The van der Waals surface area contributed by atoms with Crippen molar-refractivity contribution in [2.24, 2.45) is 4.99 Å². The van der Waals surface area contributed by atoms with Gasteiger partial charge in [-0.25, -0.2) is 9.78 Å². The quantitative estimate of drug-likeness (QED) is 0.510. The van der Waals surface area contributed by atoms with Crippen molar-refractivity contribution in [3.05, 3.63) is 61.7 Å². The second-order valence-electron chi connectivity index (χ2n) is 7.52. The van der Waals surface area contributed by atoms with Gasteiger partial charge in [0.25, 0.3) is 0 Å². The van der Waals surface area contributed by atoms with Crippen LogP contribution in [0.4, 0.5) is 0 Å². The van der Waals surface area contributed by atoms with E-state index in [0.717, 1.165) is 5.75 Å². The number of benzene rings is 1. The monoisotopic (exact) mass is 540 g/mol. The van der Waals surface area contributed by atoms with E-state index < -0.39 is 24.0 Å². The van der Waals surface area contributed by atoms with Crippen molar-refractivity contribution in [1.82, 2.24) is 15.2 Å². The van der Waals surface area contributed by atoms with Crippen LogP contribution in [-0.2, 0) is 14.3 Å². The number of halogens is 2. The van der Waals surface area contributed by atoms with Gasteiger partial charge in [-0.05, 0) is 19.1 Å². The summed E-state index contributed by atoms with van der Waals surface area (Å²) in [7, 11) is 0. The SMILES string of the molecule is CCOC(=O)C1=C(CN2CCSCC2C(=O)O)NC(c2nccs2)=NC1c1ccc(Cl)cc1Cl. The van der Waals surface area contributed by atoms with Crippen molar-refractivity contribution in [2.75, 3.05) is 31.2 Å². The van der Waals surface area contributed by atoms with E-state index in [4.69, 9.17) is 32.9 Å². The molecule has 0 amide bonds. The molecule has 0 radical (unpaired) electrons. The number of aromatic nitrogens is 1. The number of rotatable bonds is 7. The lowest BCUT2D eigenvalue weighted by atomic mass is 9.95. The van der Waals surface area contributed by atoms with Gasteiger partial charge in [-0.15, -0.1) is 11.3 Å². The second kappa shape index (κ2) is 11.1. The Morgan fingerprint density at radius 1 is 1.35 bits per heavy atom. The maximum absolute atomic E-state index is 13.2. The molecule has 2 aromatic rings. The van der Waals surface area contributed by atoms with Gasteiger partial charge in [0.05, 0.1) is 12.2 Å². The number of aliphatic imine (C=N–C) groups is 1. The van der Waals surface area contributed by atoms with Gasteiger partial charge in [0, 0.05) is 57.5 Å². The molecule has 2 aliphatic rings. The summed E-state index contributed by atoms with van der Waals surface area (Å²) in [6.45, 7) is 2.68. The van der Waals surface area contributed by atoms with Crippen LogP contribution in [0.15, 0.2) is 46.0 Å². The fourth-order valence-corrected chi connectivity index (χ4v) is 6.03. The number of thiazole rings is 1. The summed E-state index contributed by atoms with van der Waals surface area (Å²) in [6, 6.07) is 3.58. The lowest BCUT2D eigenvalue weighted by Gasteiger charge is -2.35. The average Bonchev–Trinajstić information content (AvgIpc) is 3.34. The van der Waals surface area contributed by atoms with Gasteiger partial charge in [-0.3, -0.25) is 14.7 Å². The summed E-state index contributed by atoms with van der Waals surface area (Å²) in [5.74, 6) is 0.309. The molecule has 1 fully saturated rings. The Morgan fingerprint density at radius 3 is 2.85 bits per heavy atom. The molecule has 2 atom stereocenters. The fraction of sp³-hybridized carbons (Fsp3) is 0.364. The number of aliphatic carboxylic acids is 1. The van der Waals surface area contributed by atoms with Gasteiger partial charge < -0.3 is 15.2 Å². The van der Waals surface area contributed by atoms with Crippen LogP contribution < -0.4 is 5.32 Å². The van der Waals surface area contributed by atoms with Crippen molar-refractivity contribution < 1.29 is 19.4 Å². The zero-order valence-corrected chi connectivity index (χ0v) is 21.3. The van der Waals surface area contributed by atoms with Gasteiger partial charge in [0.15, 0.2) is 10.8 Å². The van der Waals surface area contributed by atoms with Crippen LogP contribution in [0.3, 0.4) is 0 Å². The molecular weight excluding hydrogens is 519 g/mol. The lowest BCUT2D eigenvalue weighted by molar-refractivity contribution is -0.142. The molecule has 4 rings (SSSR count). The van der Waals surface area contributed by atoms with Gasteiger partial charge >= 0.3 is 11.9 Å². The largest absolute Gasteiger partial charge is 0.480 e. The third-order valence-corrected chi connectivity index (χ3v) is 7.76. The fourth-order valence-electron chi connectivity index (χ4n) is 3.82. The number of esters is 1. The van der Waals surface area contributed by atoms with Crippen molar-refractivity contribution >= 4 is 64.1 Å². The first-order valence-electron chi connectivity index (χ1n) is 10.5. The minimum Gasteiger partial charge on any atom is -0.480 e. The summed E-state index contributed by atoms with van der Waals surface area (Å²) >= 11 is 15.6. The van der Waals surface area contributed by atoms with Crippen molar-refractivity contribution in [3.8, 4) is 0 Å². The van der Waals surface area contributed by atoms with Crippen LogP contribution in [-0.4, -0.2) is 70.0 Å². The first kappa shape index (κ1) is 25.0. The molecule has 180 valence electrons. The molecule has 1 aromatic carbocycles. The number of thioether (sulfide) groups is 1. The standard InChI is InChI=1S/C22H22Cl2N4O4S2/c1-2-32-22(31)17-15(10-28-6-8-33-11-16(28)21(29)30)26-19(20-25-5-7-34-20)27-18(17)13-4-3-12(23)9-14(13)24/h3-5,7,9,16,18H,2,6,8,10-11H2,1H3,(H,26,27)(H,29,30). The number of hydrogen-bond donors (Lipinski definition) is 2. The number of ether oxygens (including phenoxy) is 1. The highest BCUT2D eigenvalue weighted by Crippen LogP contribution is 2.38. The molecule has 1 saturated heterocycles. The Bertz CT molecular complexity index is 1140. The van der Waals surface area contributed by atoms with Gasteiger partial charge in [0.2, 0.25) is 0 Å². The molecule has 0 aliphatic carbocycles. The predicted octanol–water partition coefficient (Wildman–Crippen LogP) is 3.86. The van der Waals surface area contributed by atoms with Crippen molar-refractivity contribution in [1.29, 1.82) is 0 Å². The Kier molecular flexibility index (Phi) is 8.15. The second-order valence-corrected chi connectivity index (χ2v) is 10.4. The molecule has 1 aromatic heterocycles. The first-order chi connectivity index (χ1) is 16.4. The number of carbonyl (C=O) groups is 2. The summed E-state index contributed by atoms with van der Waals surface area (Å²) in [4.78, 5) is 36.1. The topological polar surface area (TPSA) is 104 Å². The molecule has 12 heteroatoms. The molecule has 0 saturated carbocycles. The maximum atomic E-state index is 13.2. The van der Waals surface area contributed by atoms with Gasteiger partial charge in [-0.1, -0.05) is 29.3 Å². The maximum Gasteiger partial charge on any atom is 0.338 e. The highest BCUT2D eigenvalue weighted by atomic mass is 35.5. The number of carboxylic acid groups (broad SMARTS) is 1. The third-order valence-electron chi connectivity index (χ3n) is 5.40. The number of nitrogens with zero attached hydrogens (tertiary/aromatic N) is 3. The Labute approximate surface area is 215 Å². The van der Waals surface area contributed by atoms with E-state index in [2.05, 4.69) is 10.3 Å². The number of amidine groups is 1. The molecular formula is C22H22Cl2N4O4S2. The van der Waals surface area contributed by atoms with E-state index >= 15 is 0 Å². The van der Waals surface area contributed by atoms with Crippen molar-refractivity contribution in [2.45, 2.75) is 19.0 Å². The van der Waals surface area contributed by atoms with E-state index in [-0.39, 0.29) is 18.7 Å². The predicted molar refractivity (Wildman–Crippen MR) is 135 cm³/mol. The van der Waals surface area contributed by atoms with E-state index in [0.29, 0.717) is 44.4 Å². The molecule has 2 aliphatic heterocycles. The highest BCUT2D eigenvalue weighted by molar-refractivity contribution is 7.99. The Hall–Kier alpha value is -2.11. The molecule has 34 heavy (non-hydrogen) atoms. The zero-order chi connectivity index (χ0) is 24.2. The van der Waals surface area contributed by atoms with Crippen LogP contribution in [0.1, 0.15) is 23.5 Å². The molecule has 0 bridgehead atoms. The number of hydrogen-bond acceptors (Lipinski definition) is 9. The number of nitrogens with one attached hydrogen (secondary N) is 1. The summed E-state index contributed by atoms with van der Waals surface area (Å²) < 4.78 is 5.39.